The Hall–Kier alpha value is -2.51. The van der Waals surface area contributed by atoms with Crippen LogP contribution in [0.1, 0.15) is 15.9 Å². The van der Waals surface area contributed by atoms with Gasteiger partial charge in [0.15, 0.2) is 0 Å². The Bertz CT molecular complexity index is 589. The van der Waals surface area contributed by atoms with E-state index in [1.807, 2.05) is 0 Å². The molecule has 0 radical (unpaired) electrons. The van der Waals surface area contributed by atoms with Crippen LogP contribution in [0.2, 0.25) is 0 Å². The summed E-state index contributed by atoms with van der Waals surface area (Å²) in [5.74, 6) is -0.463. The molecule has 4 N–H and O–H groups in total. The van der Waals surface area contributed by atoms with Crippen molar-refractivity contribution in [2.75, 3.05) is 11.1 Å². The Morgan fingerprint density at radius 2 is 1.89 bits per heavy atom. The third-order valence-electron chi connectivity index (χ3n) is 2.38. The molecule has 0 saturated heterocycles. The quantitative estimate of drug-likeness (QED) is 0.782. The van der Waals surface area contributed by atoms with E-state index in [4.69, 9.17) is 5.73 Å². The number of nitrogen functional groups attached to an aromatic ring is 1. The van der Waals surface area contributed by atoms with E-state index in [2.05, 4.69) is 15.5 Å². The Balaban J connectivity index is 2.12. The van der Waals surface area contributed by atoms with Crippen molar-refractivity contribution in [1.82, 2.24) is 10.2 Å². The number of anilines is 2. The second-order valence-corrected chi connectivity index (χ2v) is 3.73. The molecule has 5 nitrogen and oxygen atoms in total. The van der Waals surface area contributed by atoms with Crippen LogP contribution in [-0.4, -0.2) is 16.1 Å². The van der Waals surface area contributed by atoms with Gasteiger partial charge in [-0.3, -0.25) is 9.89 Å². The van der Waals surface area contributed by atoms with E-state index >= 15 is 0 Å². The van der Waals surface area contributed by atoms with Crippen molar-refractivity contribution < 1.29 is 18.0 Å². The highest BCUT2D eigenvalue weighted by Gasteiger charge is 2.30. The molecule has 2 aromatic rings. The lowest BCUT2D eigenvalue weighted by Crippen LogP contribution is -2.13. The van der Waals surface area contributed by atoms with Gasteiger partial charge in [0.25, 0.3) is 5.91 Å². The van der Waals surface area contributed by atoms with Gasteiger partial charge in [-0.25, -0.2) is 0 Å². The number of nitrogens with one attached hydrogen (secondary N) is 2. The van der Waals surface area contributed by atoms with Gasteiger partial charge in [-0.05, 0) is 24.3 Å². The van der Waals surface area contributed by atoms with Gasteiger partial charge in [-0.1, -0.05) is 0 Å². The van der Waals surface area contributed by atoms with Gasteiger partial charge in [-0.15, -0.1) is 0 Å². The zero-order valence-electron chi connectivity index (χ0n) is 9.45. The maximum atomic E-state index is 12.3. The fourth-order valence-electron chi connectivity index (χ4n) is 1.42. The van der Waals surface area contributed by atoms with Crippen LogP contribution in [0.5, 0.6) is 0 Å². The molecular formula is C11H9F3N4O. The maximum absolute atomic E-state index is 12.3. The van der Waals surface area contributed by atoms with Crippen LogP contribution in [0.4, 0.5) is 24.7 Å². The summed E-state index contributed by atoms with van der Waals surface area (Å²) in [4.78, 5) is 11.7. The van der Waals surface area contributed by atoms with Crippen LogP contribution in [0.25, 0.3) is 0 Å². The van der Waals surface area contributed by atoms with Crippen molar-refractivity contribution in [1.29, 1.82) is 0 Å². The van der Waals surface area contributed by atoms with Crippen LogP contribution >= 0.6 is 0 Å². The van der Waals surface area contributed by atoms with Crippen LogP contribution in [0, 0.1) is 0 Å². The first-order valence-electron chi connectivity index (χ1n) is 5.15. The molecule has 100 valence electrons. The minimum absolute atomic E-state index is 0.0874. The largest absolute Gasteiger partial charge is 0.416 e. The smallest absolute Gasteiger partial charge is 0.383 e. The number of H-pyrrole nitrogens is 1. The van der Waals surface area contributed by atoms with E-state index in [-0.39, 0.29) is 17.1 Å². The van der Waals surface area contributed by atoms with Gasteiger partial charge in [0.05, 0.1) is 11.8 Å². The Labute approximate surface area is 105 Å². The van der Waals surface area contributed by atoms with Gasteiger partial charge < -0.3 is 11.1 Å². The number of aromatic nitrogens is 2. The highest BCUT2D eigenvalue weighted by Crippen LogP contribution is 2.29. The highest BCUT2D eigenvalue weighted by molar-refractivity contribution is 6.07. The molecule has 0 bridgehead atoms. The molecule has 8 heteroatoms. The summed E-state index contributed by atoms with van der Waals surface area (Å²) < 4.78 is 37.0. The molecule has 0 aliphatic heterocycles. The van der Waals surface area contributed by atoms with E-state index in [0.717, 1.165) is 24.3 Å². The van der Waals surface area contributed by atoms with Crippen molar-refractivity contribution in [3.05, 3.63) is 41.6 Å². The molecule has 1 aromatic heterocycles. The van der Waals surface area contributed by atoms with E-state index in [9.17, 15) is 18.0 Å². The van der Waals surface area contributed by atoms with E-state index in [0.29, 0.717) is 0 Å². The molecule has 1 amide bonds. The minimum atomic E-state index is -4.41. The SMILES string of the molecule is Nc1[nH]ncc1C(=O)Nc1ccc(C(F)(F)F)cc1. The van der Waals surface area contributed by atoms with Gasteiger partial charge in [-0.2, -0.15) is 18.3 Å². The third-order valence-corrected chi connectivity index (χ3v) is 2.38. The zero-order chi connectivity index (χ0) is 14.0. The molecule has 0 saturated carbocycles. The van der Waals surface area contributed by atoms with E-state index in [1.54, 1.807) is 0 Å². The Morgan fingerprint density at radius 1 is 1.26 bits per heavy atom. The average molecular weight is 270 g/mol. The van der Waals surface area contributed by atoms with Crippen LogP contribution in [0.3, 0.4) is 0 Å². The topological polar surface area (TPSA) is 83.8 Å². The first kappa shape index (κ1) is 12.9. The summed E-state index contributed by atoms with van der Waals surface area (Å²) in [6, 6.07) is 4.09. The fraction of sp³-hybridized carbons (Fsp3) is 0.0909. The van der Waals surface area contributed by atoms with Crippen molar-refractivity contribution >= 4 is 17.4 Å². The monoisotopic (exact) mass is 270 g/mol. The fourth-order valence-corrected chi connectivity index (χ4v) is 1.42. The lowest BCUT2D eigenvalue weighted by atomic mass is 10.2. The van der Waals surface area contributed by atoms with Crippen molar-refractivity contribution in [3.63, 3.8) is 0 Å². The number of benzene rings is 1. The third kappa shape index (κ3) is 2.84. The molecule has 0 aliphatic rings. The zero-order valence-corrected chi connectivity index (χ0v) is 9.45. The summed E-state index contributed by atoms with van der Waals surface area (Å²) in [6.45, 7) is 0. The van der Waals surface area contributed by atoms with Gasteiger partial charge in [0, 0.05) is 5.69 Å². The predicted molar refractivity (Wildman–Crippen MR) is 62.4 cm³/mol. The van der Waals surface area contributed by atoms with E-state index < -0.39 is 17.6 Å². The first-order valence-corrected chi connectivity index (χ1v) is 5.15. The number of alkyl halides is 3. The molecule has 0 aliphatic carbocycles. The second-order valence-electron chi connectivity index (χ2n) is 3.73. The van der Waals surface area contributed by atoms with Crippen molar-refractivity contribution in [2.45, 2.75) is 6.18 Å². The predicted octanol–water partition coefficient (Wildman–Crippen LogP) is 2.26. The van der Waals surface area contributed by atoms with Crippen molar-refractivity contribution in [3.8, 4) is 0 Å². The molecule has 0 fully saturated rings. The molecule has 2 rings (SSSR count). The highest BCUT2D eigenvalue weighted by atomic mass is 19.4. The first-order chi connectivity index (χ1) is 8.88. The number of hydrogen-bond donors (Lipinski definition) is 3. The number of aromatic amines is 1. The normalized spacial score (nSPS) is 11.3. The summed E-state index contributed by atoms with van der Waals surface area (Å²) in [7, 11) is 0. The summed E-state index contributed by atoms with van der Waals surface area (Å²) in [5, 5.41) is 8.37. The Kier molecular flexibility index (Phi) is 3.16. The van der Waals surface area contributed by atoms with Crippen LogP contribution < -0.4 is 11.1 Å². The van der Waals surface area contributed by atoms with Crippen LogP contribution in [0.15, 0.2) is 30.5 Å². The standard InChI is InChI=1S/C11H9F3N4O/c12-11(13,14)6-1-3-7(4-2-6)17-10(19)8-5-16-18-9(8)15/h1-5H,(H,17,19)(H3,15,16,18). The Morgan fingerprint density at radius 3 is 2.37 bits per heavy atom. The average Bonchev–Trinajstić information content (AvgIpc) is 2.75. The number of rotatable bonds is 2. The van der Waals surface area contributed by atoms with Crippen molar-refractivity contribution in [2.24, 2.45) is 0 Å². The second kappa shape index (κ2) is 4.63. The summed E-state index contributed by atoms with van der Waals surface area (Å²) in [5.41, 5.74) is 5.02. The molecule has 0 unspecified atom stereocenters. The molecule has 1 heterocycles. The molecule has 0 spiro atoms. The van der Waals surface area contributed by atoms with Gasteiger partial charge >= 0.3 is 6.18 Å². The van der Waals surface area contributed by atoms with E-state index in [1.165, 1.54) is 6.20 Å². The van der Waals surface area contributed by atoms with Gasteiger partial charge in [0.1, 0.15) is 11.4 Å². The molecular weight excluding hydrogens is 261 g/mol. The summed E-state index contributed by atoms with van der Waals surface area (Å²) >= 11 is 0. The van der Waals surface area contributed by atoms with Crippen LogP contribution in [-0.2, 0) is 6.18 Å². The number of halogens is 3. The summed E-state index contributed by atoms with van der Waals surface area (Å²) in [6.07, 6.45) is -3.17. The number of hydrogen-bond acceptors (Lipinski definition) is 3. The number of carbonyl (C=O) groups excluding carboxylic acids is 1. The number of nitrogens with two attached hydrogens (primary N) is 1. The molecule has 19 heavy (non-hydrogen) atoms. The lowest BCUT2D eigenvalue weighted by Gasteiger charge is -2.08. The minimum Gasteiger partial charge on any atom is -0.383 e. The number of carbonyl (C=O) groups is 1. The number of amides is 1. The molecule has 0 atom stereocenters. The molecule has 1 aromatic carbocycles. The lowest BCUT2D eigenvalue weighted by molar-refractivity contribution is -0.137. The van der Waals surface area contributed by atoms with Gasteiger partial charge in [0.2, 0.25) is 0 Å². The number of nitrogens with zero attached hydrogens (tertiary/aromatic N) is 1. The maximum Gasteiger partial charge on any atom is 0.416 e.